The molecule has 0 unspecified atom stereocenters. The van der Waals surface area contributed by atoms with Crippen LogP contribution in [-0.2, 0) is 22.6 Å². The summed E-state index contributed by atoms with van der Waals surface area (Å²) in [5.41, 5.74) is 4.07. The highest BCUT2D eigenvalue weighted by molar-refractivity contribution is 5.93. The number of nitrogens with one attached hydrogen (secondary N) is 1. The molecule has 5 heteroatoms. The van der Waals surface area contributed by atoms with Gasteiger partial charge in [-0.15, -0.1) is 0 Å². The van der Waals surface area contributed by atoms with Gasteiger partial charge in [0, 0.05) is 25.2 Å². The minimum absolute atomic E-state index is 0.0303. The minimum atomic E-state index is 0.0303. The maximum atomic E-state index is 13.1. The van der Waals surface area contributed by atoms with Crippen molar-refractivity contribution in [1.29, 1.82) is 0 Å². The van der Waals surface area contributed by atoms with Gasteiger partial charge in [0.25, 0.3) is 0 Å². The van der Waals surface area contributed by atoms with E-state index in [4.69, 9.17) is 0 Å². The van der Waals surface area contributed by atoms with E-state index in [1.165, 1.54) is 24.8 Å². The van der Waals surface area contributed by atoms with E-state index in [1.54, 1.807) is 0 Å². The van der Waals surface area contributed by atoms with Crippen molar-refractivity contribution in [3.05, 3.63) is 65.2 Å². The molecular weight excluding hydrogens is 410 g/mol. The Labute approximate surface area is 199 Å². The van der Waals surface area contributed by atoms with Crippen LogP contribution in [0, 0.1) is 12.8 Å². The molecule has 2 amide bonds. The number of aryl methyl sites for hydroxylation is 1. The molecule has 0 saturated carbocycles. The molecule has 1 heterocycles. The van der Waals surface area contributed by atoms with Gasteiger partial charge in [-0.2, -0.15) is 0 Å². The van der Waals surface area contributed by atoms with Crippen LogP contribution in [-0.4, -0.2) is 42.9 Å². The third-order valence-corrected chi connectivity index (χ3v) is 6.13. The van der Waals surface area contributed by atoms with Crippen molar-refractivity contribution in [1.82, 2.24) is 10.2 Å². The molecule has 33 heavy (non-hydrogen) atoms. The maximum absolute atomic E-state index is 13.1. The largest absolute Gasteiger partial charge is 0.355 e. The SMILES string of the molecule is Cc1ccc(CN(C(=O)CC(C)C)c2cccc(CC(=O)NCCN3CCCCC3)c2)cc1. The van der Waals surface area contributed by atoms with Gasteiger partial charge in [0.1, 0.15) is 0 Å². The molecule has 5 nitrogen and oxygen atoms in total. The lowest BCUT2D eigenvalue weighted by atomic mass is 10.1. The van der Waals surface area contributed by atoms with E-state index in [-0.39, 0.29) is 17.7 Å². The number of likely N-dealkylation sites (tertiary alicyclic amines) is 1. The number of amides is 2. The van der Waals surface area contributed by atoms with Crippen LogP contribution in [0.15, 0.2) is 48.5 Å². The summed E-state index contributed by atoms with van der Waals surface area (Å²) in [5, 5.41) is 3.06. The van der Waals surface area contributed by atoms with Crippen molar-refractivity contribution in [3.63, 3.8) is 0 Å². The Bertz CT molecular complexity index is 902. The average molecular weight is 450 g/mol. The Balaban J connectivity index is 1.64. The van der Waals surface area contributed by atoms with E-state index >= 15 is 0 Å². The van der Waals surface area contributed by atoms with Crippen LogP contribution in [0.3, 0.4) is 0 Å². The van der Waals surface area contributed by atoms with Crippen LogP contribution in [0.4, 0.5) is 5.69 Å². The van der Waals surface area contributed by atoms with E-state index in [1.807, 2.05) is 29.2 Å². The monoisotopic (exact) mass is 449 g/mol. The molecule has 0 aliphatic carbocycles. The van der Waals surface area contributed by atoms with Gasteiger partial charge in [-0.1, -0.05) is 62.2 Å². The number of anilines is 1. The second-order valence-corrected chi connectivity index (χ2v) is 9.66. The topological polar surface area (TPSA) is 52.7 Å². The molecule has 0 radical (unpaired) electrons. The van der Waals surface area contributed by atoms with E-state index in [2.05, 4.69) is 55.3 Å². The number of carbonyl (C=O) groups excluding carboxylic acids is 2. The van der Waals surface area contributed by atoms with Gasteiger partial charge in [-0.25, -0.2) is 0 Å². The summed E-state index contributed by atoms with van der Waals surface area (Å²) in [6.45, 7) is 10.6. The number of nitrogens with zero attached hydrogens (tertiary/aromatic N) is 2. The van der Waals surface area contributed by atoms with Gasteiger partial charge in [0.2, 0.25) is 11.8 Å². The summed E-state index contributed by atoms with van der Waals surface area (Å²) in [6.07, 6.45) is 4.65. The zero-order valence-electron chi connectivity index (χ0n) is 20.5. The summed E-state index contributed by atoms with van der Waals surface area (Å²) in [4.78, 5) is 29.9. The van der Waals surface area contributed by atoms with Crippen LogP contribution < -0.4 is 10.2 Å². The first-order valence-corrected chi connectivity index (χ1v) is 12.3. The smallest absolute Gasteiger partial charge is 0.227 e. The Morgan fingerprint density at radius 3 is 2.42 bits per heavy atom. The summed E-state index contributed by atoms with van der Waals surface area (Å²) >= 11 is 0. The first-order chi connectivity index (χ1) is 15.9. The van der Waals surface area contributed by atoms with E-state index in [0.29, 0.717) is 25.9 Å². The summed E-state index contributed by atoms with van der Waals surface area (Å²) < 4.78 is 0. The van der Waals surface area contributed by atoms with Gasteiger partial charge in [0.05, 0.1) is 13.0 Å². The predicted molar refractivity (Wildman–Crippen MR) is 135 cm³/mol. The zero-order valence-corrected chi connectivity index (χ0v) is 20.5. The highest BCUT2D eigenvalue weighted by Crippen LogP contribution is 2.22. The molecule has 0 atom stereocenters. The molecule has 0 aromatic heterocycles. The van der Waals surface area contributed by atoms with Gasteiger partial charge in [0.15, 0.2) is 0 Å². The maximum Gasteiger partial charge on any atom is 0.227 e. The van der Waals surface area contributed by atoms with Crippen LogP contribution >= 0.6 is 0 Å². The first-order valence-electron chi connectivity index (χ1n) is 12.3. The number of piperidine rings is 1. The van der Waals surface area contributed by atoms with Crippen LogP contribution in [0.5, 0.6) is 0 Å². The third kappa shape index (κ3) is 8.32. The number of carbonyl (C=O) groups is 2. The van der Waals surface area contributed by atoms with E-state index in [9.17, 15) is 9.59 Å². The molecule has 1 saturated heterocycles. The number of benzene rings is 2. The second-order valence-electron chi connectivity index (χ2n) is 9.66. The van der Waals surface area contributed by atoms with Crippen molar-refractivity contribution < 1.29 is 9.59 Å². The Kier molecular flexibility index (Phi) is 9.49. The number of rotatable bonds is 10. The van der Waals surface area contributed by atoms with Crippen molar-refractivity contribution in [3.8, 4) is 0 Å². The van der Waals surface area contributed by atoms with Crippen molar-refractivity contribution in [2.75, 3.05) is 31.1 Å². The minimum Gasteiger partial charge on any atom is -0.355 e. The summed E-state index contributed by atoms with van der Waals surface area (Å²) in [5.74, 6) is 0.420. The Morgan fingerprint density at radius 2 is 1.73 bits per heavy atom. The molecular formula is C28H39N3O2. The highest BCUT2D eigenvalue weighted by atomic mass is 16.2. The second kappa shape index (κ2) is 12.5. The van der Waals surface area contributed by atoms with E-state index < -0.39 is 0 Å². The van der Waals surface area contributed by atoms with Gasteiger partial charge in [-0.05, 0) is 62.0 Å². The summed E-state index contributed by atoms with van der Waals surface area (Å²) in [6, 6.07) is 16.1. The van der Waals surface area contributed by atoms with Crippen LogP contribution in [0.25, 0.3) is 0 Å². The molecule has 178 valence electrons. The van der Waals surface area contributed by atoms with Gasteiger partial charge >= 0.3 is 0 Å². The lowest BCUT2D eigenvalue weighted by molar-refractivity contribution is -0.120. The fourth-order valence-corrected chi connectivity index (χ4v) is 4.28. The quantitative estimate of drug-likeness (QED) is 0.571. The van der Waals surface area contributed by atoms with Crippen LogP contribution in [0.2, 0.25) is 0 Å². The van der Waals surface area contributed by atoms with Crippen molar-refractivity contribution >= 4 is 17.5 Å². The number of hydrogen-bond acceptors (Lipinski definition) is 3. The summed E-state index contributed by atoms with van der Waals surface area (Å²) in [7, 11) is 0. The standard InChI is InChI=1S/C28H39N3O2/c1-22(2)18-28(33)31(21-24-12-10-23(3)11-13-24)26-9-7-8-25(19-26)20-27(32)29-14-17-30-15-5-4-6-16-30/h7-13,19,22H,4-6,14-18,20-21H2,1-3H3,(H,29,32). The van der Waals surface area contributed by atoms with Crippen molar-refractivity contribution in [2.45, 2.75) is 59.4 Å². The fourth-order valence-electron chi connectivity index (χ4n) is 4.28. The van der Waals surface area contributed by atoms with Gasteiger partial charge in [-0.3, -0.25) is 9.59 Å². The lowest BCUT2D eigenvalue weighted by Crippen LogP contribution is -2.38. The first kappa shape index (κ1) is 25.0. The lowest BCUT2D eigenvalue weighted by Gasteiger charge is -2.26. The zero-order chi connectivity index (χ0) is 23.6. The molecule has 1 fully saturated rings. The van der Waals surface area contributed by atoms with E-state index in [0.717, 1.165) is 36.4 Å². The predicted octanol–water partition coefficient (Wildman–Crippen LogP) is 4.72. The Hall–Kier alpha value is -2.66. The molecule has 0 bridgehead atoms. The normalized spacial score (nSPS) is 14.3. The third-order valence-electron chi connectivity index (χ3n) is 6.13. The highest BCUT2D eigenvalue weighted by Gasteiger charge is 2.18. The van der Waals surface area contributed by atoms with Crippen molar-refractivity contribution in [2.24, 2.45) is 5.92 Å². The van der Waals surface area contributed by atoms with Gasteiger partial charge < -0.3 is 15.1 Å². The molecule has 0 spiro atoms. The number of hydrogen-bond donors (Lipinski definition) is 1. The molecule has 2 aromatic rings. The van der Waals surface area contributed by atoms with Crippen LogP contribution in [0.1, 0.15) is 56.2 Å². The molecule has 3 rings (SSSR count). The molecule has 1 N–H and O–H groups in total. The average Bonchev–Trinajstić information content (AvgIpc) is 2.79. The Morgan fingerprint density at radius 1 is 1.00 bits per heavy atom. The molecule has 2 aromatic carbocycles. The molecule has 1 aliphatic rings. The fraction of sp³-hybridized carbons (Fsp3) is 0.500. The molecule has 1 aliphatic heterocycles.